The summed E-state index contributed by atoms with van der Waals surface area (Å²) in [5.41, 5.74) is 0.0732. The van der Waals surface area contributed by atoms with Gasteiger partial charge in [0.25, 0.3) is 5.69 Å². The van der Waals surface area contributed by atoms with Crippen LogP contribution in [0.1, 0.15) is 19.8 Å². The number of rotatable bonds is 5. The van der Waals surface area contributed by atoms with E-state index in [-0.39, 0.29) is 17.9 Å². The predicted molar refractivity (Wildman–Crippen MR) is 74.9 cm³/mol. The van der Waals surface area contributed by atoms with Crippen LogP contribution in [0, 0.1) is 10.1 Å². The number of nitro groups is 1. The van der Waals surface area contributed by atoms with Gasteiger partial charge in [-0.15, -0.1) is 0 Å². The number of hydrogen-bond acceptors (Lipinski definition) is 5. The Labute approximate surface area is 118 Å². The van der Waals surface area contributed by atoms with E-state index < -0.39 is 4.92 Å². The summed E-state index contributed by atoms with van der Waals surface area (Å²) < 4.78 is 5.83. The molecule has 1 heterocycles. The second-order valence-corrected chi connectivity index (χ2v) is 5.22. The third-order valence-electron chi connectivity index (χ3n) is 3.41. The topological polar surface area (TPSA) is 75.8 Å². The van der Waals surface area contributed by atoms with Crippen molar-refractivity contribution >= 4 is 5.69 Å². The number of likely N-dealkylation sites (tertiary alicyclic amines) is 1. The fourth-order valence-electron chi connectivity index (χ4n) is 2.42. The zero-order valence-corrected chi connectivity index (χ0v) is 11.6. The maximum atomic E-state index is 10.6. The number of non-ortho nitro benzene ring substituents is 1. The standard InChI is InChI=1S/C14H20N2O4/c1-11(17)10-15-8-6-14(7-9-15)20-13-4-2-12(3-5-13)16(18)19/h2-5,11,14,17H,6-10H2,1H3. The number of benzene rings is 1. The van der Waals surface area contributed by atoms with Crippen LogP contribution >= 0.6 is 0 Å². The lowest BCUT2D eigenvalue weighted by molar-refractivity contribution is -0.384. The molecule has 0 spiro atoms. The molecule has 1 atom stereocenters. The summed E-state index contributed by atoms with van der Waals surface area (Å²) in [4.78, 5) is 12.4. The van der Waals surface area contributed by atoms with Crippen molar-refractivity contribution in [3.05, 3.63) is 34.4 Å². The third kappa shape index (κ3) is 4.18. The van der Waals surface area contributed by atoms with Crippen LogP contribution in [0.25, 0.3) is 0 Å². The van der Waals surface area contributed by atoms with E-state index >= 15 is 0 Å². The molecule has 1 unspecified atom stereocenters. The lowest BCUT2D eigenvalue weighted by Gasteiger charge is -2.32. The molecule has 110 valence electrons. The molecule has 0 saturated carbocycles. The molecule has 6 nitrogen and oxygen atoms in total. The van der Waals surface area contributed by atoms with Crippen LogP contribution < -0.4 is 4.74 Å². The first-order valence-corrected chi connectivity index (χ1v) is 6.86. The molecule has 1 aromatic rings. The first kappa shape index (κ1) is 14.7. The van der Waals surface area contributed by atoms with Crippen LogP contribution in [-0.2, 0) is 0 Å². The van der Waals surface area contributed by atoms with Gasteiger partial charge >= 0.3 is 0 Å². The molecule has 1 fully saturated rings. The van der Waals surface area contributed by atoms with Crippen LogP contribution in [0.3, 0.4) is 0 Å². The van der Waals surface area contributed by atoms with E-state index in [1.807, 2.05) is 0 Å². The molecule has 20 heavy (non-hydrogen) atoms. The molecule has 1 N–H and O–H groups in total. The Bertz CT molecular complexity index is 439. The van der Waals surface area contributed by atoms with Crippen LogP contribution in [0.2, 0.25) is 0 Å². The summed E-state index contributed by atoms with van der Waals surface area (Å²) in [6.07, 6.45) is 1.65. The average molecular weight is 280 g/mol. The Morgan fingerprint density at radius 1 is 1.40 bits per heavy atom. The molecule has 0 radical (unpaired) electrons. The molecule has 0 aliphatic carbocycles. The normalized spacial score (nSPS) is 18.7. The molecule has 0 aromatic heterocycles. The molecular formula is C14H20N2O4. The zero-order chi connectivity index (χ0) is 14.5. The Kier molecular flexibility index (Phi) is 4.92. The number of nitrogens with zero attached hydrogens (tertiary/aromatic N) is 2. The molecule has 1 aromatic carbocycles. The van der Waals surface area contributed by atoms with Crippen molar-refractivity contribution in [3.8, 4) is 5.75 Å². The van der Waals surface area contributed by atoms with Gasteiger partial charge in [-0.2, -0.15) is 0 Å². The van der Waals surface area contributed by atoms with Crippen molar-refractivity contribution in [2.45, 2.75) is 32.0 Å². The van der Waals surface area contributed by atoms with Crippen LogP contribution in [0.5, 0.6) is 5.75 Å². The van der Waals surface area contributed by atoms with Gasteiger partial charge in [0.1, 0.15) is 11.9 Å². The van der Waals surface area contributed by atoms with Gasteiger partial charge in [-0.1, -0.05) is 0 Å². The summed E-state index contributed by atoms with van der Waals surface area (Å²) >= 11 is 0. The van der Waals surface area contributed by atoms with Gasteiger partial charge in [-0.05, 0) is 31.9 Å². The first-order chi connectivity index (χ1) is 9.54. The number of nitro benzene ring substituents is 1. The van der Waals surface area contributed by atoms with Gasteiger partial charge in [-0.3, -0.25) is 10.1 Å². The van der Waals surface area contributed by atoms with Crippen molar-refractivity contribution in [2.24, 2.45) is 0 Å². The van der Waals surface area contributed by atoms with E-state index in [4.69, 9.17) is 4.74 Å². The Morgan fingerprint density at radius 3 is 2.50 bits per heavy atom. The van der Waals surface area contributed by atoms with Crippen molar-refractivity contribution in [1.82, 2.24) is 4.90 Å². The second kappa shape index (κ2) is 6.67. The van der Waals surface area contributed by atoms with Gasteiger partial charge in [-0.25, -0.2) is 0 Å². The molecule has 2 rings (SSSR count). The Hall–Kier alpha value is -1.66. The third-order valence-corrected chi connectivity index (χ3v) is 3.41. The van der Waals surface area contributed by atoms with Gasteiger partial charge in [0.15, 0.2) is 0 Å². The molecular weight excluding hydrogens is 260 g/mol. The first-order valence-electron chi connectivity index (χ1n) is 6.86. The van der Waals surface area contributed by atoms with Crippen molar-refractivity contribution in [2.75, 3.05) is 19.6 Å². The SMILES string of the molecule is CC(O)CN1CCC(Oc2ccc([N+](=O)[O-])cc2)CC1. The molecule has 1 aliphatic rings. The fourth-order valence-corrected chi connectivity index (χ4v) is 2.42. The number of piperidine rings is 1. The summed E-state index contributed by atoms with van der Waals surface area (Å²) in [7, 11) is 0. The van der Waals surface area contributed by atoms with Crippen LogP contribution in [-0.4, -0.2) is 46.8 Å². The summed E-state index contributed by atoms with van der Waals surface area (Å²) in [5.74, 6) is 0.671. The monoisotopic (exact) mass is 280 g/mol. The van der Waals surface area contributed by atoms with Gasteiger partial charge in [0.2, 0.25) is 0 Å². The quantitative estimate of drug-likeness (QED) is 0.657. The lowest BCUT2D eigenvalue weighted by Crippen LogP contribution is -2.41. The molecule has 1 saturated heterocycles. The van der Waals surface area contributed by atoms with E-state index in [1.165, 1.54) is 12.1 Å². The Morgan fingerprint density at radius 2 is 2.00 bits per heavy atom. The lowest BCUT2D eigenvalue weighted by atomic mass is 10.1. The van der Waals surface area contributed by atoms with Gasteiger partial charge < -0.3 is 14.7 Å². The highest BCUT2D eigenvalue weighted by molar-refractivity contribution is 5.36. The maximum Gasteiger partial charge on any atom is 0.269 e. The minimum Gasteiger partial charge on any atom is -0.490 e. The van der Waals surface area contributed by atoms with Crippen molar-refractivity contribution in [3.63, 3.8) is 0 Å². The predicted octanol–water partition coefficient (Wildman–Crippen LogP) is 1.82. The highest BCUT2D eigenvalue weighted by Crippen LogP contribution is 2.21. The average Bonchev–Trinajstić information content (AvgIpc) is 2.41. The molecule has 1 aliphatic heterocycles. The van der Waals surface area contributed by atoms with E-state index in [1.54, 1.807) is 19.1 Å². The van der Waals surface area contributed by atoms with E-state index in [2.05, 4.69) is 4.90 Å². The minimum absolute atomic E-state index is 0.0732. The van der Waals surface area contributed by atoms with Gasteiger partial charge in [0.05, 0.1) is 11.0 Å². The summed E-state index contributed by atoms with van der Waals surface area (Å²) in [5, 5.41) is 19.9. The molecule has 6 heteroatoms. The maximum absolute atomic E-state index is 10.6. The van der Waals surface area contributed by atoms with Crippen molar-refractivity contribution < 1.29 is 14.8 Å². The van der Waals surface area contributed by atoms with Gasteiger partial charge in [0, 0.05) is 31.8 Å². The fraction of sp³-hybridized carbons (Fsp3) is 0.571. The number of ether oxygens (including phenoxy) is 1. The van der Waals surface area contributed by atoms with E-state index in [9.17, 15) is 15.2 Å². The second-order valence-electron chi connectivity index (χ2n) is 5.22. The number of hydrogen-bond donors (Lipinski definition) is 1. The number of aliphatic hydroxyl groups is 1. The van der Waals surface area contributed by atoms with Crippen molar-refractivity contribution in [1.29, 1.82) is 0 Å². The van der Waals surface area contributed by atoms with E-state index in [0.29, 0.717) is 12.3 Å². The zero-order valence-electron chi connectivity index (χ0n) is 11.6. The minimum atomic E-state index is -0.418. The van der Waals surface area contributed by atoms with Crippen LogP contribution in [0.4, 0.5) is 5.69 Å². The Balaban J connectivity index is 1.81. The van der Waals surface area contributed by atoms with Crippen LogP contribution in [0.15, 0.2) is 24.3 Å². The highest BCUT2D eigenvalue weighted by atomic mass is 16.6. The smallest absolute Gasteiger partial charge is 0.269 e. The summed E-state index contributed by atoms with van der Waals surface area (Å²) in [6, 6.07) is 6.19. The highest BCUT2D eigenvalue weighted by Gasteiger charge is 2.21. The number of β-amino-alcohol motifs (C(OH)–C–C–N with tert-alkyl or cyclic N) is 1. The largest absolute Gasteiger partial charge is 0.490 e. The van der Waals surface area contributed by atoms with E-state index in [0.717, 1.165) is 25.9 Å². The molecule has 0 bridgehead atoms. The molecule has 0 amide bonds. The summed E-state index contributed by atoms with van der Waals surface area (Å²) in [6.45, 7) is 4.30. The number of aliphatic hydroxyl groups excluding tert-OH is 1.